The van der Waals surface area contributed by atoms with E-state index in [2.05, 4.69) is 52.5 Å². The van der Waals surface area contributed by atoms with Gasteiger partial charge in [0.05, 0.1) is 21.4 Å². The molecule has 0 bridgehead atoms. The van der Waals surface area contributed by atoms with E-state index in [0.29, 0.717) is 16.8 Å². The molecule has 0 amide bonds. The number of thiazole rings is 1. The van der Waals surface area contributed by atoms with Crippen molar-refractivity contribution in [2.24, 2.45) is 4.99 Å². The first-order valence-electron chi connectivity index (χ1n) is 11.4. The fourth-order valence-corrected chi connectivity index (χ4v) is 5.31. The molecule has 1 aromatic heterocycles. The van der Waals surface area contributed by atoms with E-state index in [4.69, 9.17) is 39.8 Å². The Hall–Kier alpha value is -2.08. The number of nitrogens with zero attached hydrogens (tertiary/aromatic N) is 3. The highest BCUT2D eigenvalue weighted by atomic mass is 35.5. The van der Waals surface area contributed by atoms with Crippen molar-refractivity contribution in [3.05, 3.63) is 98.8 Å². The molecule has 0 aliphatic heterocycles. The van der Waals surface area contributed by atoms with E-state index in [1.807, 2.05) is 42.6 Å². The molecule has 0 fully saturated rings. The second kappa shape index (κ2) is 14.0. The molecule has 0 atom stereocenters. The van der Waals surface area contributed by atoms with Gasteiger partial charge in [-0.15, -0.1) is 46.9 Å². The molecule has 3 aromatic carbocycles. The molecule has 0 aliphatic carbocycles. The molecule has 8 heteroatoms. The highest BCUT2D eigenvalue weighted by molar-refractivity contribution is 7.10. The van der Waals surface area contributed by atoms with Crippen LogP contribution in [0.2, 0.25) is 5.02 Å². The number of hydrogen-bond acceptors (Lipinski definition) is 4. The predicted molar refractivity (Wildman–Crippen MR) is 161 cm³/mol. The average Bonchev–Trinajstić information content (AvgIpc) is 3.32. The molecule has 0 aliphatic rings. The van der Waals surface area contributed by atoms with Gasteiger partial charge < -0.3 is 4.90 Å². The molecule has 0 saturated heterocycles. The number of alkyl halides is 2. The number of aromatic nitrogens is 1. The first-order valence-corrected chi connectivity index (χ1v) is 13.7. The smallest absolute Gasteiger partial charge is 0.0976 e. The summed E-state index contributed by atoms with van der Waals surface area (Å²) >= 11 is 20.2. The quantitative estimate of drug-likeness (QED) is 0.139. The van der Waals surface area contributed by atoms with Gasteiger partial charge in [0, 0.05) is 54.1 Å². The first-order chi connectivity index (χ1) is 17.1. The van der Waals surface area contributed by atoms with Gasteiger partial charge in [-0.3, -0.25) is 4.99 Å². The summed E-state index contributed by atoms with van der Waals surface area (Å²) in [6.45, 7) is 3.60. The zero-order chi connectivity index (χ0) is 24.6. The fraction of sp³-hybridized carbons (Fsp3) is 0.214. The second-order valence-corrected chi connectivity index (χ2v) is 10.2. The summed E-state index contributed by atoms with van der Waals surface area (Å²) in [6, 6.07) is 22.5. The lowest BCUT2D eigenvalue weighted by atomic mass is 10.1. The predicted octanol–water partition coefficient (Wildman–Crippen LogP) is 8.82. The van der Waals surface area contributed by atoms with E-state index in [9.17, 15) is 0 Å². The normalized spacial score (nSPS) is 11.0. The monoisotopic (exact) mass is 577 g/mol. The number of benzene rings is 3. The molecule has 3 nitrogen and oxygen atoms in total. The second-order valence-electron chi connectivity index (χ2n) is 8.12. The van der Waals surface area contributed by atoms with Gasteiger partial charge in [-0.25, -0.2) is 4.98 Å². The van der Waals surface area contributed by atoms with Crippen molar-refractivity contribution in [3.8, 4) is 11.3 Å². The maximum atomic E-state index is 6.63. The van der Waals surface area contributed by atoms with Gasteiger partial charge in [-0.1, -0.05) is 48.0 Å². The van der Waals surface area contributed by atoms with Crippen molar-refractivity contribution in [2.45, 2.75) is 13.3 Å². The zero-order valence-electron chi connectivity index (χ0n) is 19.8. The van der Waals surface area contributed by atoms with E-state index in [-0.39, 0.29) is 12.4 Å². The molecule has 0 spiro atoms. The van der Waals surface area contributed by atoms with Crippen molar-refractivity contribution in [2.75, 3.05) is 29.7 Å². The van der Waals surface area contributed by atoms with Crippen LogP contribution in [0.4, 0.5) is 11.4 Å². The Kier molecular flexibility index (Phi) is 11.1. The van der Waals surface area contributed by atoms with Crippen LogP contribution in [-0.2, 0) is 6.42 Å². The molecular formula is C28H27Cl4N3S. The van der Waals surface area contributed by atoms with Gasteiger partial charge >= 0.3 is 0 Å². The lowest BCUT2D eigenvalue weighted by Gasteiger charge is -2.23. The van der Waals surface area contributed by atoms with Gasteiger partial charge in [0.25, 0.3) is 0 Å². The molecule has 4 aromatic rings. The van der Waals surface area contributed by atoms with Crippen molar-refractivity contribution >= 4 is 76.1 Å². The summed E-state index contributed by atoms with van der Waals surface area (Å²) in [7, 11) is 0. The fourth-order valence-electron chi connectivity index (χ4n) is 3.80. The Balaban J connectivity index is 0.00000361. The minimum Gasteiger partial charge on any atom is -0.369 e. The van der Waals surface area contributed by atoms with Gasteiger partial charge in [-0.2, -0.15) is 0 Å². The van der Waals surface area contributed by atoms with Crippen LogP contribution in [0.3, 0.4) is 0 Å². The van der Waals surface area contributed by atoms with Crippen molar-refractivity contribution in [3.63, 3.8) is 0 Å². The summed E-state index contributed by atoms with van der Waals surface area (Å²) in [5.41, 5.74) is 7.16. The van der Waals surface area contributed by atoms with Gasteiger partial charge in [0.1, 0.15) is 0 Å². The third-order valence-corrected chi connectivity index (χ3v) is 7.16. The summed E-state index contributed by atoms with van der Waals surface area (Å²) in [5, 5.41) is 3.77. The standard InChI is InChI=1S/C28H26Cl3N3S.ClH/c1-20-15-24(34(13-11-29)14-12-30)9-7-22(20)18-32-23-8-10-25(26(31)17-23)27-19-35-28(33-27)16-21-5-3-2-4-6-21;/h2-10,15,17-19H,11-14,16H2,1H3;1H. The van der Waals surface area contributed by atoms with E-state index in [1.165, 1.54) is 5.56 Å². The zero-order valence-corrected chi connectivity index (χ0v) is 23.7. The van der Waals surface area contributed by atoms with Crippen LogP contribution in [0, 0.1) is 6.92 Å². The highest BCUT2D eigenvalue weighted by Gasteiger charge is 2.10. The summed E-state index contributed by atoms with van der Waals surface area (Å²) in [6.07, 6.45) is 2.69. The van der Waals surface area contributed by atoms with E-state index in [0.717, 1.165) is 58.3 Å². The Bertz CT molecular complexity index is 1290. The van der Waals surface area contributed by atoms with Crippen molar-refractivity contribution in [1.29, 1.82) is 0 Å². The summed E-state index contributed by atoms with van der Waals surface area (Å²) < 4.78 is 0. The lowest BCUT2D eigenvalue weighted by Crippen LogP contribution is -2.27. The van der Waals surface area contributed by atoms with E-state index < -0.39 is 0 Å². The maximum absolute atomic E-state index is 6.63. The van der Waals surface area contributed by atoms with Crippen LogP contribution >= 0.6 is 58.5 Å². The molecule has 0 saturated carbocycles. The number of rotatable bonds is 10. The SMILES string of the molecule is Cc1cc(N(CCCl)CCCl)ccc1C=Nc1ccc(-c2csc(Cc3ccccc3)n2)c(Cl)c1.Cl. The number of aryl methyl sites for hydroxylation is 1. The molecule has 0 unspecified atom stereocenters. The van der Waals surface area contributed by atoms with Crippen LogP contribution in [0.25, 0.3) is 11.3 Å². The Morgan fingerprint density at radius 1 is 0.972 bits per heavy atom. The summed E-state index contributed by atoms with van der Waals surface area (Å²) in [4.78, 5) is 11.6. The van der Waals surface area contributed by atoms with Crippen LogP contribution in [0.15, 0.2) is 77.1 Å². The minimum atomic E-state index is 0. The van der Waals surface area contributed by atoms with Gasteiger partial charge in [0.15, 0.2) is 0 Å². The number of hydrogen-bond donors (Lipinski definition) is 0. The topological polar surface area (TPSA) is 28.5 Å². The molecule has 1 heterocycles. The number of aliphatic imine (C=N–C) groups is 1. The van der Waals surface area contributed by atoms with Crippen LogP contribution in [0.1, 0.15) is 21.7 Å². The molecular weight excluding hydrogens is 552 g/mol. The molecule has 36 heavy (non-hydrogen) atoms. The Labute approximate surface area is 238 Å². The number of anilines is 1. The van der Waals surface area contributed by atoms with Crippen LogP contribution in [-0.4, -0.2) is 36.0 Å². The first kappa shape index (κ1) is 28.5. The van der Waals surface area contributed by atoms with Crippen LogP contribution < -0.4 is 4.90 Å². The van der Waals surface area contributed by atoms with E-state index >= 15 is 0 Å². The maximum Gasteiger partial charge on any atom is 0.0976 e. The van der Waals surface area contributed by atoms with Gasteiger partial charge in [0.2, 0.25) is 0 Å². The third-order valence-electron chi connectivity index (χ3n) is 5.66. The largest absolute Gasteiger partial charge is 0.369 e. The van der Waals surface area contributed by atoms with E-state index in [1.54, 1.807) is 11.3 Å². The van der Waals surface area contributed by atoms with Crippen molar-refractivity contribution in [1.82, 2.24) is 4.98 Å². The summed E-state index contributed by atoms with van der Waals surface area (Å²) in [5.74, 6) is 1.12. The average molecular weight is 579 g/mol. The number of halogens is 4. The van der Waals surface area contributed by atoms with Crippen LogP contribution in [0.5, 0.6) is 0 Å². The third kappa shape index (κ3) is 7.47. The molecule has 0 radical (unpaired) electrons. The molecule has 188 valence electrons. The highest BCUT2D eigenvalue weighted by Crippen LogP contribution is 2.32. The van der Waals surface area contributed by atoms with Crippen molar-refractivity contribution < 1.29 is 0 Å². The van der Waals surface area contributed by atoms with Gasteiger partial charge in [-0.05, 0) is 53.9 Å². The molecule has 0 N–H and O–H groups in total. The Morgan fingerprint density at radius 3 is 2.39 bits per heavy atom. The lowest BCUT2D eigenvalue weighted by molar-refractivity contribution is 0.873. The minimum absolute atomic E-state index is 0. The molecule has 4 rings (SSSR count). The Morgan fingerprint density at radius 2 is 1.72 bits per heavy atom.